The molecule has 6 heteroatoms. The van der Waals surface area contributed by atoms with E-state index >= 15 is 0 Å². The fourth-order valence-corrected chi connectivity index (χ4v) is 3.60. The Morgan fingerprint density at radius 2 is 1.88 bits per heavy atom. The summed E-state index contributed by atoms with van der Waals surface area (Å²) in [6, 6.07) is 5.93. The van der Waals surface area contributed by atoms with Crippen LogP contribution < -0.4 is 4.90 Å². The van der Waals surface area contributed by atoms with E-state index in [1.165, 1.54) is 12.1 Å². The van der Waals surface area contributed by atoms with E-state index in [1.807, 2.05) is 13.8 Å². The van der Waals surface area contributed by atoms with Crippen LogP contribution in [0.25, 0.3) is 0 Å². The van der Waals surface area contributed by atoms with Crippen molar-refractivity contribution in [3.05, 3.63) is 29.8 Å². The minimum atomic E-state index is -4.24. The van der Waals surface area contributed by atoms with Gasteiger partial charge in [0.1, 0.15) is 0 Å². The van der Waals surface area contributed by atoms with Crippen LogP contribution in [0.5, 0.6) is 0 Å². The molecule has 1 aliphatic rings. The van der Waals surface area contributed by atoms with Gasteiger partial charge in [0.2, 0.25) is 5.91 Å². The molecule has 1 N–H and O–H groups in total. The van der Waals surface area contributed by atoms with Gasteiger partial charge in [-0.25, -0.2) is 0 Å². The van der Waals surface area contributed by atoms with Crippen LogP contribution in [0.4, 0.5) is 18.9 Å². The molecule has 134 valence electrons. The van der Waals surface area contributed by atoms with Crippen LogP contribution in [0.1, 0.15) is 45.1 Å². The van der Waals surface area contributed by atoms with Gasteiger partial charge in [0, 0.05) is 12.2 Å². The molecule has 1 heterocycles. The number of nitrogens with zero attached hydrogens (tertiary/aromatic N) is 1. The van der Waals surface area contributed by atoms with Crippen molar-refractivity contribution in [3.63, 3.8) is 0 Å². The molecule has 0 radical (unpaired) electrons. The van der Waals surface area contributed by atoms with Crippen molar-refractivity contribution in [1.29, 1.82) is 0 Å². The second-order valence-electron chi connectivity index (χ2n) is 6.50. The Balaban J connectivity index is 2.20. The normalized spacial score (nSPS) is 22.9. The lowest BCUT2D eigenvalue weighted by atomic mass is 9.75. The summed E-state index contributed by atoms with van der Waals surface area (Å²) in [4.78, 5) is 14.5. The Bertz CT molecular complexity index is 571. The third-order valence-corrected chi connectivity index (χ3v) is 4.83. The Hall–Kier alpha value is -1.56. The first-order valence-corrected chi connectivity index (χ1v) is 8.39. The summed E-state index contributed by atoms with van der Waals surface area (Å²) < 4.78 is 37.3. The maximum atomic E-state index is 12.9. The summed E-state index contributed by atoms with van der Waals surface area (Å²) >= 11 is 0. The second-order valence-corrected chi connectivity index (χ2v) is 6.50. The highest BCUT2D eigenvalue weighted by atomic mass is 19.4. The SMILES string of the molecule is CCCC1(C(O)CC)CCN(c2ccc(CC(F)(F)F)cc2)C1=O. The predicted octanol–water partition coefficient (Wildman–Crippen LogP) is 4.09. The summed E-state index contributed by atoms with van der Waals surface area (Å²) in [6.45, 7) is 4.31. The van der Waals surface area contributed by atoms with E-state index in [9.17, 15) is 23.1 Å². The molecule has 0 spiro atoms. The number of hydrogen-bond donors (Lipinski definition) is 1. The molecule has 2 rings (SSSR count). The predicted molar refractivity (Wildman–Crippen MR) is 86.8 cm³/mol. The number of amides is 1. The molecule has 1 fully saturated rings. The lowest BCUT2D eigenvalue weighted by Crippen LogP contribution is -2.43. The van der Waals surface area contributed by atoms with E-state index in [4.69, 9.17) is 0 Å². The highest BCUT2D eigenvalue weighted by Gasteiger charge is 2.50. The molecule has 0 aromatic heterocycles. The van der Waals surface area contributed by atoms with Gasteiger partial charge in [-0.3, -0.25) is 4.79 Å². The fourth-order valence-electron chi connectivity index (χ4n) is 3.60. The zero-order valence-corrected chi connectivity index (χ0v) is 14.1. The van der Waals surface area contributed by atoms with E-state index < -0.39 is 24.1 Å². The number of aliphatic hydroxyl groups excluding tert-OH is 1. The minimum absolute atomic E-state index is 0.123. The van der Waals surface area contributed by atoms with Crippen LogP contribution >= 0.6 is 0 Å². The molecule has 1 amide bonds. The number of benzene rings is 1. The number of rotatable bonds is 6. The molecule has 24 heavy (non-hydrogen) atoms. The van der Waals surface area contributed by atoms with Gasteiger partial charge >= 0.3 is 6.18 Å². The smallest absolute Gasteiger partial charge is 0.392 e. The van der Waals surface area contributed by atoms with Crippen LogP contribution in [0.2, 0.25) is 0 Å². The van der Waals surface area contributed by atoms with Crippen LogP contribution in [0.15, 0.2) is 24.3 Å². The maximum absolute atomic E-state index is 12.9. The van der Waals surface area contributed by atoms with Crippen LogP contribution in [0, 0.1) is 5.41 Å². The Morgan fingerprint density at radius 1 is 1.25 bits per heavy atom. The number of anilines is 1. The van der Waals surface area contributed by atoms with Crippen molar-refractivity contribution in [2.24, 2.45) is 5.41 Å². The zero-order valence-electron chi connectivity index (χ0n) is 14.1. The van der Waals surface area contributed by atoms with Crippen molar-refractivity contribution in [2.45, 2.75) is 58.2 Å². The Kier molecular flexibility index (Phi) is 5.58. The first-order valence-electron chi connectivity index (χ1n) is 8.39. The first-order chi connectivity index (χ1) is 11.2. The molecule has 0 aliphatic carbocycles. The summed E-state index contributed by atoms with van der Waals surface area (Å²) in [7, 11) is 0. The third-order valence-electron chi connectivity index (χ3n) is 4.83. The fraction of sp³-hybridized carbons (Fsp3) is 0.611. The van der Waals surface area contributed by atoms with Gasteiger partial charge in [-0.2, -0.15) is 13.2 Å². The molecular weight excluding hydrogens is 319 g/mol. The number of hydrogen-bond acceptors (Lipinski definition) is 2. The van der Waals surface area contributed by atoms with Gasteiger partial charge in [0.25, 0.3) is 0 Å². The number of halogens is 3. The standard InChI is InChI=1S/C18H24F3NO2/c1-3-9-17(15(23)4-2)10-11-22(16(17)24)14-7-5-13(6-8-14)12-18(19,20)21/h5-8,15,23H,3-4,9-12H2,1-2H3. The summed E-state index contributed by atoms with van der Waals surface area (Å²) in [6.07, 6.45) is -3.44. The van der Waals surface area contributed by atoms with E-state index in [2.05, 4.69) is 0 Å². The number of carbonyl (C=O) groups is 1. The number of carbonyl (C=O) groups excluding carboxylic acids is 1. The quantitative estimate of drug-likeness (QED) is 0.845. The van der Waals surface area contributed by atoms with Gasteiger partial charge in [-0.05, 0) is 37.0 Å². The largest absolute Gasteiger partial charge is 0.393 e. The zero-order chi connectivity index (χ0) is 18.0. The van der Waals surface area contributed by atoms with Crippen molar-refractivity contribution in [1.82, 2.24) is 0 Å². The van der Waals surface area contributed by atoms with Gasteiger partial charge in [0.15, 0.2) is 0 Å². The molecule has 2 atom stereocenters. The first kappa shape index (κ1) is 18.8. The Morgan fingerprint density at radius 3 is 2.38 bits per heavy atom. The Labute approximate surface area is 140 Å². The van der Waals surface area contributed by atoms with E-state index in [-0.39, 0.29) is 11.5 Å². The van der Waals surface area contributed by atoms with E-state index in [1.54, 1.807) is 17.0 Å². The molecule has 3 nitrogen and oxygen atoms in total. The van der Waals surface area contributed by atoms with Crippen LogP contribution in [-0.2, 0) is 11.2 Å². The number of alkyl halides is 3. The molecule has 1 aromatic carbocycles. The molecule has 2 unspecified atom stereocenters. The molecular formula is C18H24F3NO2. The molecule has 0 bridgehead atoms. The van der Waals surface area contributed by atoms with Crippen molar-refractivity contribution in [3.8, 4) is 0 Å². The maximum Gasteiger partial charge on any atom is 0.393 e. The summed E-state index contributed by atoms with van der Waals surface area (Å²) in [5.41, 5.74) is -0.00719. The van der Waals surface area contributed by atoms with Crippen molar-refractivity contribution in [2.75, 3.05) is 11.4 Å². The van der Waals surface area contributed by atoms with Crippen molar-refractivity contribution >= 4 is 11.6 Å². The van der Waals surface area contributed by atoms with Gasteiger partial charge in [-0.15, -0.1) is 0 Å². The van der Waals surface area contributed by atoms with Gasteiger partial charge in [-0.1, -0.05) is 32.4 Å². The highest BCUT2D eigenvalue weighted by molar-refractivity contribution is 6.00. The molecule has 1 aromatic rings. The van der Waals surface area contributed by atoms with E-state index in [0.717, 1.165) is 6.42 Å². The van der Waals surface area contributed by atoms with Crippen molar-refractivity contribution < 1.29 is 23.1 Å². The average molecular weight is 343 g/mol. The summed E-state index contributed by atoms with van der Waals surface area (Å²) in [5, 5.41) is 10.4. The monoisotopic (exact) mass is 343 g/mol. The molecule has 1 saturated heterocycles. The second kappa shape index (κ2) is 7.13. The molecule has 1 aliphatic heterocycles. The molecule has 0 saturated carbocycles. The minimum Gasteiger partial charge on any atom is -0.392 e. The van der Waals surface area contributed by atoms with E-state index in [0.29, 0.717) is 31.5 Å². The number of aliphatic hydroxyl groups is 1. The highest BCUT2D eigenvalue weighted by Crippen LogP contribution is 2.42. The third kappa shape index (κ3) is 3.74. The van der Waals surface area contributed by atoms with Crippen LogP contribution in [0.3, 0.4) is 0 Å². The summed E-state index contributed by atoms with van der Waals surface area (Å²) in [5.74, 6) is -0.123. The van der Waals surface area contributed by atoms with Crippen LogP contribution in [-0.4, -0.2) is 29.8 Å². The topological polar surface area (TPSA) is 40.5 Å². The average Bonchev–Trinajstić information content (AvgIpc) is 2.84. The van der Waals surface area contributed by atoms with Gasteiger partial charge < -0.3 is 10.0 Å². The van der Waals surface area contributed by atoms with Gasteiger partial charge in [0.05, 0.1) is 17.9 Å². The lowest BCUT2D eigenvalue weighted by Gasteiger charge is -2.32. The lowest BCUT2D eigenvalue weighted by molar-refractivity contribution is -0.132.